The Morgan fingerprint density at radius 3 is 3.15 bits per heavy atom. The number of ether oxygens (including phenoxy) is 1. The average molecular weight is 185 g/mol. The Kier molecular flexibility index (Phi) is 3.19. The molecule has 0 saturated heterocycles. The molecule has 4 nitrogen and oxygen atoms in total. The Bertz CT molecular complexity index is 305. The normalized spacial score (nSPS) is 11.4. The van der Waals surface area contributed by atoms with Gasteiger partial charge in [-0.1, -0.05) is 0 Å². The third kappa shape index (κ3) is 2.70. The van der Waals surface area contributed by atoms with Gasteiger partial charge in [-0.05, 0) is 6.92 Å². The van der Waals surface area contributed by atoms with Gasteiger partial charge in [0.2, 0.25) is 5.83 Å². The zero-order valence-corrected chi connectivity index (χ0v) is 6.99. The van der Waals surface area contributed by atoms with Crippen molar-refractivity contribution in [1.82, 2.24) is 4.98 Å². The van der Waals surface area contributed by atoms with Gasteiger partial charge in [0.25, 0.3) is 0 Å². The summed E-state index contributed by atoms with van der Waals surface area (Å²) in [5.41, 5.74) is 0. The Morgan fingerprint density at radius 2 is 2.62 bits per heavy atom. The molecule has 0 aliphatic rings. The summed E-state index contributed by atoms with van der Waals surface area (Å²) in [5.74, 6) is -1.83. The van der Waals surface area contributed by atoms with Crippen molar-refractivity contribution in [3.05, 3.63) is 24.2 Å². The number of hydrogen-bond acceptors (Lipinski definition) is 4. The minimum absolute atomic E-state index is 0.135. The first kappa shape index (κ1) is 9.44. The first-order chi connectivity index (χ1) is 6.24. The number of carbonyl (C=O) groups is 1. The number of nitrogens with zero attached hydrogens (tertiary/aromatic N) is 1. The van der Waals surface area contributed by atoms with Gasteiger partial charge in [-0.3, -0.25) is 0 Å². The minimum atomic E-state index is -1.00. The zero-order valence-electron chi connectivity index (χ0n) is 6.99. The monoisotopic (exact) mass is 185 g/mol. The van der Waals surface area contributed by atoms with Crippen molar-refractivity contribution in [2.45, 2.75) is 6.92 Å². The second kappa shape index (κ2) is 4.39. The van der Waals surface area contributed by atoms with Crippen LogP contribution in [-0.2, 0) is 9.53 Å². The summed E-state index contributed by atoms with van der Waals surface area (Å²) < 4.78 is 22.0. The molecule has 0 atom stereocenters. The molecular weight excluding hydrogens is 177 g/mol. The van der Waals surface area contributed by atoms with E-state index in [4.69, 9.17) is 4.42 Å². The van der Waals surface area contributed by atoms with Crippen LogP contribution in [0.3, 0.4) is 0 Å². The van der Waals surface area contributed by atoms with Crippen LogP contribution in [-0.4, -0.2) is 17.6 Å². The maximum Gasteiger partial charge on any atom is 0.367 e. The largest absolute Gasteiger partial charge is 0.461 e. The quantitative estimate of drug-likeness (QED) is 0.529. The highest BCUT2D eigenvalue weighted by atomic mass is 19.1. The van der Waals surface area contributed by atoms with Crippen molar-refractivity contribution in [1.29, 1.82) is 0 Å². The number of aromatic nitrogens is 1. The third-order valence-electron chi connectivity index (χ3n) is 1.19. The fourth-order valence-corrected chi connectivity index (χ4v) is 0.681. The summed E-state index contributed by atoms with van der Waals surface area (Å²) >= 11 is 0. The molecule has 0 aliphatic carbocycles. The molecule has 13 heavy (non-hydrogen) atoms. The molecule has 0 amide bonds. The number of oxazole rings is 1. The van der Waals surface area contributed by atoms with Gasteiger partial charge in [-0.15, -0.1) is 0 Å². The molecule has 1 aromatic rings. The molecule has 0 radical (unpaired) electrons. The van der Waals surface area contributed by atoms with E-state index in [0.29, 0.717) is 0 Å². The molecule has 1 aromatic heterocycles. The van der Waals surface area contributed by atoms with E-state index in [1.165, 1.54) is 6.20 Å². The number of esters is 1. The third-order valence-corrected chi connectivity index (χ3v) is 1.19. The molecule has 0 fully saturated rings. The Balaban J connectivity index is 2.66. The van der Waals surface area contributed by atoms with Gasteiger partial charge in [0.05, 0.1) is 12.8 Å². The topological polar surface area (TPSA) is 52.3 Å². The molecule has 0 aliphatic heterocycles. The van der Waals surface area contributed by atoms with Crippen molar-refractivity contribution in [2.24, 2.45) is 0 Å². The Hall–Kier alpha value is -1.65. The van der Waals surface area contributed by atoms with Crippen LogP contribution in [0.25, 0.3) is 6.08 Å². The van der Waals surface area contributed by atoms with Gasteiger partial charge < -0.3 is 9.15 Å². The van der Waals surface area contributed by atoms with Gasteiger partial charge in [-0.25, -0.2) is 9.78 Å². The van der Waals surface area contributed by atoms with E-state index in [-0.39, 0.29) is 12.4 Å². The number of carbonyl (C=O) groups excluding carboxylic acids is 1. The first-order valence-corrected chi connectivity index (χ1v) is 3.67. The molecule has 70 valence electrons. The van der Waals surface area contributed by atoms with Crippen LogP contribution in [0.1, 0.15) is 12.7 Å². The van der Waals surface area contributed by atoms with Crippen LogP contribution in [0.4, 0.5) is 4.39 Å². The van der Waals surface area contributed by atoms with Gasteiger partial charge in [0, 0.05) is 6.08 Å². The van der Waals surface area contributed by atoms with E-state index in [1.54, 1.807) is 6.92 Å². The fraction of sp³-hybridized carbons (Fsp3) is 0.250. The summed E-state index contributed by atoms with van der Waals surface area (Å²) in [7, 11) is 0. The molecule has 0 aromatic carbocycles. The van der Waals surface area contributed by atoms with Gasteiger partial charge in [0.1, 0.15) is 5.76 Å². The molecule has 1 heterocycles. The zero-order chi connectivity index (χ0) is 9.68. The highest BCUT2D eigenvalue weighted by Gasteiger charge is 2.09. The Morgan fingerprint density at radius 1 is 1.85 bits per heavy atom. The van der Waals surface area contributed by atoms with Gasteiger partial charge >= 0.3 is 5.97 Å². The van der Waals surface area contributed by atoms with E-state index in [1.807, 2.05) is 0 Å². The van der Waals surface area contributed by atoms with Crippen LogP contribution < -0.4 is 0 Å². The molecule has 5 heteroatoms. The SMILES string of the molecule is CCOC(=O)/C(F)=C/c1cnco1. The highest BCUT2D eigenvalue weighted by molar-refractivity contribution is 5.90. The van der Waals surface area contributed by atoms with Gasteiger partial charge in [0.15, 0.2) is 6.39 Å². The van der Waals surface area contributed by atoms with Crippen molar-refractivity contribution in [2.75, 3.05) is 6.61 Å². The molecule has 0 unspecified atom stereocenters. The Labute approximate surface area is 74.0 Å². The van der Waals surface area contributed by atoms with Crippen molar-refractivity contribution < 1.29 is 18.3 Å². The minimum Gasteiger partial charge on any atom is -0.461 e. The maximum absolute atomic E-state index is 12.8. The van der Waals surface area contributed by atoms with Crippen LogP contribution in [0.15, 0.2) is 22.8 Å². The van der Waals surface area contributed by atoms with Crippen LogP contribution in [0.5, 0.6) is 0 Å². The maximum atomic E-state index is 12.8. The van der Waals surface area contributed by atoms with Crippen molar-refractivity contribution in [3.8, 4) is 0 Å². The number of hydrogen-bond donors (Lipinski definition) is 0. The standard InChI is InChI=1S/C8H8FNO3/c1-2-12-8(11)7(9)3-6-4-10-5-13-6/h3-5H,2H2,1H3/b7-3-. The lowest BCUT2D eigenvalue weighted by Gasteiger charge is -1.96. The first-order valence-electron chi connectivity index (χ1n) is 3.67. The number of rotatable bonds is 3. The molecular formula is C8H8FNO3. The van der Waals surface area contributed by atoms with Crippen LogP contribution >= 0.6 is 0 Å². The highest BCUT2D eigenvalue weighted by Crippen LogP contribution is 2.08. The van der Waals surface area contributed by atoms with E-state index in [9.17, 15) is 9.18 Å². The van der Waals surface area contributed by atoms with Crippen LogP contribution in [0.2, 0.25) is 0 Å². The molecule has 0 bridgehead atoms. The summed E-state index contributed by atoms with van der Waals surface area (Å²) in [6, 6.07) is 0. The second-order valence-electron chi connectivity index (χ2n) is 2.12. The predicted octanol–water partition coefficient (Wildman–Crippen LogP) is 1.55. The summed E-state index contributed by atoms with van der Waals surface area (Å²) in [6.07, 6.45) is 3.36. The summed E-state index contributed by atoms with van der Waals surface area (Å²) in [4.78, 5) is 14.3. The second-order valence-corrected chi connectivity index (χ2v) is 2.12. The lowest BCUT2D eigenvalue weighted by molar-refractivity contribution is -0.140. The van der Waals surface area contributed by atoms with Crippen molar-refractivity contribution in [3.63, 3.8) is 0 Å². The smallest absolute Gasteiger partial charge is 0.367 e. The molecule has 1 rings (SSSR count). The number of halogens is 1. The van der Waals surface area contributed by atoms with Gasteiger partial charge in [-0.2, -0.15) is 4.39 Å². The van der Waals surface area contributed by atoms with E-state index >= 15 is 0 Å². The van der Waals surface area contributed by atoms with Crippen molar-refractivity contribution >= 4 is 12.0 Å². The summed E-state index contributed by atoms with van der Waals surface area (Å²) in [6.45, 7) is 1.73. The lowest BCUT2D eigenvalue weighted by atomic mass is 10.4. The molecule has 0 spiro atoms. The van der Waals surface area contributed by atoms with E-state index in [0.717, 1.165) is 12.5 Å². The fourth-order valence-electron chi connectivity index (χ4n) is 0.681. The predicted molar refractivity (Wildman–Crippen MR) is 42.2 cm³/mol. The summed E-state index contributed by atoms with van der Waals surface area (Å²) in [5, 5.41) is 0. The van der Waals surface area contributed by atoms with Crippen LogP contribution in [0, 0.1) is 0 Å². The van der Waals surface area contributed by atoms with E-state index in [2.05, 4.69) is 9.72 Å². The average Bonchev–Trinajstić information content (AvgIpc) is 2.57. The molecule has 0 N–H and O–H groups in total. The van der Waals surface area contributed by atoms with E-state index < -0.39 is 11.8 Å². The lowest BCUT2D eigenvalue weighted by Crippen LogP contribution is -2.03. The molecule has 0 saturated carbocycles.